The molecule has 0 aliphatic rings. The number of benzene rings is 1. The summed E-state index contributed by atoms with van der Waals surface area (Å²) in [6.07, 6.45) is 0.744. The molecule has 0 atom stereocenters. The fourth-order valence-electron chi connectivity index (χ4n) is 2.18. The van der Waals surface area contributed by atoms with Gasteiger partial charge in [-0.05, 0) is 29.7 Å². The van der Waals surface area contributed by atoms with Gasteiger partial charge in [-0.25, -0.2) is 9.78 Å². The molecule has 2 aromatic rings. The zero-order valence-electron chi connectivity index (χ0n) is 14.1. The van der Waals surface area contributed by atoms with Gasteiger partial charge in [0.05, 0.1) is 18.8 Å². The summed E-state index contributed by atoms with van der Waals surface area (Å²) in [5.41, 5.74) is 2.82. The zero-order valence-corrected chi connectivity index (χ0v) is 14.1. The SMILES string of the molecule is CN(C)c1cccc(CNC(=O)NCCc2ccc(CO)cc2)n1. The van der Waals surface area contributed by atoms with Crippen LogP contribution in [0.25, 0.3) is 0 Å². The number of amides is 2. The Morgan fingerprint density at radius 2 is 1.79 bits per heavy atom. The Balaban J connectivity index is 1.72. The van der Waals surface area contributed by atoms with E-state index in [9.17, 15) is 4.79 Å². The quantitative estimate of drug-likeness (QED) is 0.723. The van der Waals surface area contributed by atoms with Gasteiger partial charge in [0.1, 0.15) is 5.82 Å². The van der Waals surface area contributed by atoms with Crippen LogP contribution in [0.3, 0.4) is 0 Å². The van der Waals surface area contributed by atoms with Crippen LogP contribution in [0.2, 0.25) is 0 Å². The second kappa shape index (κ2) is 8.88. The highest BCUT2D eigenvalue weighted by atomic mass is 16.3. The van der Waals surface area contributed by atoms with E-state index in [1.54, 1.807) is 0 Å². The predicted octanol–water partition coefficient (Wildman–Crippen LogP) is 1.68. The first kappa shape index (κ1) is 17.7. The molecule has 0 spiro atoms. The topological polar surface area (TPSA) is 77.5 Å². The Morgan fingerprint density at radius 1 is 1.08 bits per heavy atom. The summed E-state index contributed by atoms with van der Waals surface area (Å²) >= 11 is 0. The third-order valence-electron chi connectivity index (χ3n) is 3.59. The number of nitrogens with zero attached hydrogens (tertiary/aromatic N) is 2. The number of aromatic nitrogens is 1. The van der Waals surface area contributed by atoms with Crippen LogP contribution in [0, 0.1) is 0 Å². The number of urea groups is 1. The number of anilines is 1. The minimum atomic E-state index is -0.209. The van der Waals surface area contributed by atoms with E-state index in [0.29, 0.717) is 13.1 Å². The summed E-state index contributed by atoms with van der Waals surface area (Å²) in [6, 6.07) is 13.2. The van der Waals surface area contributed by atoms with Crippen molar-refractivity contribution >= 4 is 11.8 Å². The Morgan fingerprint density at radius 3 is 2.46 bits per heavy atom. The molecular formula is C18H24N4O2. The predicted molar refractivity (Wildman–Crippen MR) is 94.9 cm³/mol. The summed E-state index contributed by atoms with van der Waals surface area (Å²) in [6.45, 7) is 0.984. The number of nitrogens with one attached hydrogen (secondary N) is 2. The molecular weight excluding hydrogens is 304 g/mol. The van der Waals surface area contributed by atoms with E-state index in [1.165, 1.54) is 0 Å². The van der Waals surface area contributed by atoms with E-state index >= 15 is 0 Å². The highest BCUT2D eigenvalue weighted by Crippen LogP contribution is 2.07. The Labute approximate surface area is 142 Å². The summed E-state index contributed by atoms with van der Waals surface area (Å²) in [4.78, 5) is 18.2. The van der Waals surface area contributed by atoms with Gasteiger partial charge in [-0.15, -0.1) is 0 Å². The molecule has 1 aromatic heterocycles. The van der Waals surface area contributed by atoms with Crippen LogP contribution in [-0.4, -0.2) is 36.8 Å². The second-order valence-corrected chi connectivity index (χ2v) is 5.72. The smallest absolute Gasteiger partial charge is 0.315 e. The molecule has 0 aliphatic carbocycles. The molecule has 128 valence electrons. The number of pyridine rings is 1. The van der Waals surface area contributed by atoms with Crippen LogP contribution in [0.15, 0.2) is 42.5 Å². The molecule has 24 heavy (non-hydrogen) atoms. The molecule has 6 nitrogen and oxygen atoms in total. The van der Waals surface area contributed by atoms with E-state index in [2.05, 4.69) is 15.6 Å². The number of carbonyl (C=O) groups excluding carboxylic acids is 1. The van der Waals surface area contributed by atoms with Crippen molar-refractivity contribution in [3.8, 4) is 0 Å². The van der Waals surface area contributed by atoms with Gasteiger partial charge in [0.25, 0.3) is 0 Å². The van der Waals surface area contributed by atoms with Gasteiger partial charge in [-0.3, -0.25) is 0 Å². The molecule has 2 rings (SSSR count). The van der Waals surface area contributed by atoms with Crippen molar-refractivity contribution < 1.29 is 9.90 Å². The van der Waals surface area contributed by atoms with Crippen molar-refractivity contribution in [1.29, 1.82) is 0 Å². The minimum absolute atomic E-state index is 0.0456. The van der Waals surface area contributed by atoms with Crippen molar-refractivity contribution in [2.75, 3.05) is 25.5 Å². The molecule has 0 radical (unpaired) electrons. The van der Waals surface area contributed by atoms with Gasteiger partial charge in [0.15, 0.2) is 0 Å². The molecule has 2 amide bonds. The molecule has 0 fully saturated rings. The Bertz CT molecular complexity index is 656. The first-order valence-electron chi connectivity index (χ1n) is 7.92. The monoisotopic (exact) mass is 328 g/mol. The van der Waals surface area contributed by atoms with Crippen molar-refractivity contribution in [3.05, 3.63) is 59.3 Å². The molecule has 3 N–H and O–H groups in total. The summed E-state index contributed by atoms with van der Waals surface area (Å²) < 4.78 is 0. The zero-order chi connectivity index (χ0) is 17.4. The fourth-order valence-corrected chi connectivity index (χ4v) is 2.18. The first-order chi connectivity index (χ1) is 11.6. The Hall–Kier alpha value is -2.60. The minimum Gasteiger partial charge on any atom is -0.392 e. The van der Waals surface area contributed by atoms with E-state index in [1.807, 2.05) is 61.5 Å². The van der Waals surface area contributed by atoms with E-state index in [0.717, 1.165) is 29.1 Å². The Kier molecular flexibility index (Phi) is 6.57. The van der Waals surface area contributed by atoms with Gasteiger partial charge in [-0.2, -0.15) is 0 Å². The first-order valence-corrected chi connectivity index (χ1v) is 7.92. The van der Waals surface area contributed by atoms with Gasteiger partial charge < -0.3 is 20.6 Å². The average molecular weight is 328 g/mol. The van der Waals surface area contributed by atoms with Crippen LogP contribution in [0.4, 0.5) is 10.6 Å². The van der Waals surface area contributed by atoms with E-state index in [-0.39, 0.29) is 12.6 Å². The van der Waals surface area contributed by atoms with Crippen molar-refractivity contribution in [3.63, 3.8) is 0 Å². The number of aliphatic hydroxyl groups excluding tert-OH is 1. The second-order valence-electron chi connectivity index (χ2n) is 5.72. The third-order valence-corrected chi connectivity index (χ3v) is 3.59. The lowest BCUT2D eigenvalue weighted by molar-refractivity contribution is 0.240. The molecule has 1 heterocycles. The summed E-state index contributed by atoms with van der Waals surface area (Å²) in [5.74, 6) is 0.862. The lowest BCUT2D eigenvalue weighted by atomic mass is 10.1. The maximum atomic E-state index is 11.8. The largest absolute Gasteiger partial charge is 0.392 e. The lowest BCUT2D eigenvalue weighted by Gasteiger charge is -2.12. The maximum Gasteiger partial charge on any atom is 0.315 e. The highest BCUT2D eigenvalue weighted by molar-refractivity contribution is 5.73. The van der Waals surface area contributed by atoms with Crippen molar-refractivity contribution in [1.82, 2.24) is 15.6 Å². The number of carbonyl (C=O) groups is 1. The molecule has 0 bridgehead atoms. The van der Waals surface area contributed by atoms with Crippen LogP contribution in [0.1, 0.15) is 16.8 Å². The van der Waals surface area contributed by atoms with E-state index in [4.69, 9.17) is 5.11 Å². The summed E-state index contributed by atoms with van der Waals surface area (Å²) in [5, 5.41) is 14.6. The van der Waals surface area contributed by atoms with Gasteiger partial charge >= 0.3 is 6.03 Å². The summed E-state index contributed by atoms with van der Waals surface area (Å²) in [7, 11) is 3.86. The number of aliphatic hydroxyl groups is 1. The average Bonchev–Trinajstić information content (AvgIpc) is 2.61. The molecule has 0 saturated carbocycles. The van der Waals surface area contributed by atoms with Gasteiger partial charge in [-0.1, -0.05) is 30.3 Å². The molecule has 1 aromatic carbocycles. The van der Waals surface area contributed by atoms with Crippen LogP contribution >= 0.6 is 0 Å². The van der Waals surface area contributed by atoms with Gasteiger partial charge in [0.2, 0.25) is 0 Å². The molecule has 0 unspecified atom stereocenters. The third kappa shape index (κ3) is 5.55. The standard InChI is InChI=1S/C18H24N4O2/c1-22(2)17-5-3-4-16(21-17)12-20-18(24)19-11-10-14-6-8-15(13-23)9-7-14/h3-9,23H,10-13H2,1-2H3,(H2,19,20,24). The number of rotatable bonds is 7. The van der Waals surface area contributed by atoms with Gasteiger partial charge in [0, 0.05) is 20.6 Å². The highest BCUT2D eigenvalue weighted by Gasteiger charge is 2.03. The molecule has 0 aliphatic heterocycles. The fraction of sp³-hybridized carbons (Fsp3) is 0.333. The van der Waals surface area contributed by atoms with Crippen molar-refractivity contribution in [2.24, 2.45) is 0 Å². The lowest BCUT2D eigenvalue weighted by Crippen LogP contribution is -2.36. The van der Waals surface area contributed by atoms with E-state index < -0.39 is 0 Å². The van der Waals surface area contributed by atoms with Crippen LogP contribution in [0.5, 0.6) is 0 Å². The molecule has 0 saturated heterocycles. The van der Waals surface area contributed by atoms with Crippen LogP contribution in [-0.2, 0) is 19.6 Å². The molecule has 6 heteroatoms. The maximum absolute atomic E-state index is 11.8. The number of hydrogen-bond donors (Lipinski definition) is 3. The van der Waals surface area contributed by atoms with Crippen LogP contribution < -0.4 is 15.5 Å². The normalized spacial score (nSPS) is 10.3. The van der Waals surface area contributed by atoms with Crippen molar-refractivity contribution in [2.45, 2.75) is 19.6 Å². The number of hydrogen-bond acceptors (Lipinski definition) is 4.